The maximum absolute atomic E-state index is 5.56. The summed E-state index contributed by atoms with van der Waals surface area (Å²) in [4.78, 5) is 6.90. The molecule has 1 atom stereocenters. The van der Waals surface area contributed by atoms with Crippen molar-refractivity contribution in [2.75, 3.05) is 19.8 Å². The molecule has 2 N–H and O–H groups in total. The molecule has 94 valence electrons. The smallest absolute Gasteiger partial charge is 0.0622 e. The molecule has 1 saturated heterocycles. The SMILES string of the molecule is CCC1COCCN1Cc1ccc(CN)cn1. The quantitative estimate of drug-likeness (QED) is 0.850. The Bertz CT molecular complexity index is 339. The number of morpholine rings is 1. The third-order valence-electron chi connectivity index (χ3n) is 3.31. The molecule has 4 nitrogen and oxygen atoms in total. The van der Waals surface area contributed by atoms with E-state index in [9.17, 15) is 0 Å². The molecule has 0 spiro atoms. The Morgan fingerprint density at radius 2 is 2.41 bits per heavy atom. The van der Waals surface area contributed by atoms with Gasteiger partial charge in [0.25, 0.3) is 0 Å². The Labute approximate surface area is 103 Å². The van der Waals surface area contributed by atoms with E-state index in [2.05, 4.69) is 28.9 Å². The molecule has 2 heterocycles. The zero-order chi connectivity index (χ0) is 12.1. The maximum atomic E-state index is 5.56. The van der Waals surface area contributed by atoms with Crippen LogP contribution in [-0.4, -0.2) is 35.7 Å². The molecule has 1 aliphatic heterocycles. The summed E-state index contributed by atoms with van der Waals surface area (Å²) < 4.78 is 5.50. The van der Waals surface area contributed by atoms with Crippen LogP contribution in [0.5, 0.6) is 0 Å². The number of nitrogens with zero attached hydrogens (tertiary/aromatic N) is 2. The van der Waals surface area contributed by atoms with Crippen LogP contribution in [0.3, 0.4) is 0 Å². The largest absolute Gasteiger partial charge is 0.378 e. The van der Waals surface area contributed by atoms with Crippen LogP contribution in [0.25, 0.3) is 0 Å². The molecule has 1 aliphatic rings. The second kappa shape index (κ2) is 6.10. The van der Waals surface area contributed by atoms with Crippen molar-refractivity contribution in [2.45, 2.75) is 32.5 Å². The Balaban J connectivity index is 1.98. The summed E-state index contributed by atoms with van der Waals surface area (Å²) in [5.41, 5.74) is 7.76. The van der Waals surface area contributed by atoms with Crippen molar-refractivity contribution in [3.05, 3.63) is 29.6 Å². The maximum Gasteiger partial charge on any atom is 0.0622 e. The van der Waals surface area contributed by atoms with Crippen molar-refractivity contribution in [1.29, 1.82) is 0 Å². The van der Waals surface area contributed by atoms with Crippen LogP contribution >= 0.6 is 0 Å². The Morgan fingerprint density at radius 3 is 3.06 bits per heavy atom. The average molecular weight is 235 g/mol. The molecule has 0 aromatic carbocycles. The highest BCUT2D eigenvalue weighted by Crippen LogP contribution is 2.13. The third-order valence-corrected chi connectivity index (χ3v) is 3.31. The molecule has 0 bridgehead atoms. The van der Waals surface area contributed by atoms with Crippen molar-refractivity contribution in [3.63, 3.8) is 0 Å². The van der Waals surface area contributed by atoms with Gasteiger partial charge in [0, 0.05) is 31.9 Å². The second-order valence-corrected chi connectivity index (χ2v) is 4.47. The van der Waals surface area contributed by atoms with Crippen molar-refractivity contribution in [2.24, 2.45) is 5.73 Å². The number of pyridine rings is 1. The minimum atomic E-state index is 0.528. The third kappa shape index (κ3) is 3.25. The van der Waals surface area contributed by atoms with Gasteiger partial charge in [-0.15, -0.1) is 0 Å². The number of hydrogen-bond donors (Lipinski definition) is 1. The first-order valence-electron chi connectivity index (χ1n) is 6.29. The van der Waals surface area contributed by atoms with Crippen LogP contribution in [0.2, 0.25) is 0 Å². The molecular weight excluding hydrogens is 214 g/mol. The fourth-order valence-corrected chi connectivity index (χ4v) is 2.15. The van der Waals surface area contributed by atoms with Crippen molar-refractivity contribution >= 4 is 0 Å². The molecule has 1 fully saturated rings. The Hall–Kier alpha value is -0.970. The van der Waals surface area contributed by atoms with E-state index in [0.717, 1.165) is 44.0 Å². The molecular formula is C13H21N3O. The molecule has 0 amide bonds. The lowest BCUT2D eigenvalue weighted by atomic mass is 10.1. The predicted molar refractivity (Wildman–Crippen MR) is 67.4 cm³/mol. The van der Waals surface area contributed by atoms with Gasteiger partial charge in [-0.05, 0) is 18.1 Å². The summed E-state index contributed by atoms with van der Waals surface area (Å²) in [6.07, 6.45) is 3.00. The van der Waals surface area contributed by atoms with Gasteiger partial charge in [0.05, 0.1) is 18.9 Å². The predicted octanol–water partition coefficient (Wildman–Crippen LogP) is 1.15. The lowest BCUT2D eigenvalue weighted by Gasteiger charge is -2.34. The van der Waals surface area contributed by atoms with E-state index in [4.69, 9.17) is 10.5 Å². The number of rotatable bonds is 4. The fraction of sp³-hybridized carbons (Fsp3) is 0.615. The van der Waals surface area contributed by atoms with Gasteiger partial charge in [0.1, 0.15) is 0 Å². The Morgan fingerprint density at radius 1 is 1.53 bits per heavy atom. The van der Waals surface area contributed by atoms with Crippen LogP contribution in [-0.2, 0) is 17.8 Å². The Kier molecular flexibility index (Phi) is 4.48. The highest BCUT2D eigenvalue weighted by Gasteiger charge is 2.21. The van der Waals surface area contributed by atoms with E-state index < -0.39 is 0 Å². The summed E-state index contributed by atoms with van der Waals surface area (Å²) in [5.74, 6) is 0. The monoisotopic (exact) mass is 235 g/mol. The van der Waals surface area contributed by atoms with Crippen LogP contribution in [0.4, 0.5) is 0 Å². The average Bonchev–Trinajstić information content (AvgIpc) is 2.40. The van der Waals surface area contributed by atoms with E-state index in [1.165, 1.54) is 0 Å². The zero-order valence-corrected chi connectivity index (χ0v) is 10.4. The summed E-state index contributed by atoms with van der Waals surface area (Å²) in [6.45, 7) is 6.35. The molecule has 2 rings (SSSR count). The van der Waals surface area contributed by atoms with Gasteiger partial charge in [-0.3, -0.25) is 9.88 Å². The van der Waals surface area contributed by atoms with E-state index in [0.29, 0.717) is 12.6 Å². The number of aromatic nitrogens is 1. The van der Waals surface area contributed by atoms with Crippen molar-refractivity contribution in [3.8, 4) is 0 Å². The minimum Gasteiger partial charge on any atom is -0.378 e. The summed E-state index contributed by atoms with van der Waals surface area (Å²) >= 11 is 0. The summed E-state index contributed by atoms with van der Waals surface area (Å²) in [6, 6.07) is 4.66. The standard InChI is InChI=1S/C13H21N3O/c1-2-13-10-17-6-5-16(13)9-12-4-3-11(7-14)8-15-12/h3-4,8,13H,2,5-7,9-10,14H2,1H3. The first-order chi connectivity index (χ1) is 8.33. The number of ether oxygens (including phenoxy) is 1. The normalized spacial score (nSPS) is 21.6. The topological polar surface area (TPSA) is 51.4 Å². The lowest BCUT2D eigenvalue weighted by molar-refractivity contribution is -0.0132. The van der Waals surface area contributed by atoms with E-state index in [1.54, 1.807) is 0 Å². The lowest BCUT2D eigenvalue weighted by Crippen LogP contribution is -2.44. The number of hydrogen-bond acceptors (Lipinski definition) is 4. The van der Waals surface area contributed by atoms with Gasteiger partial charge in [-0.2, -0.15) is 0 Å². The molecule has 0 saturated carbocycles. The highest BCUT2D eigenvalue weighted by molar-refractivity contribution is 5.13. The molecule has 17 heavy (non-hydrogen) atoms. The van der Waals surface area contributed by atoms with Crippen LogP contribution in [0.15, 0.2) is 18.3 Å². The second-order valence-electron chi connectivity index (χ2n) is 4.47. The molecule has 1 unspecified atom stereocenters. The first-order valence-corrected chi connectivity index (χ1v) is 6.29. The van der Waals surface area contributed by atoms with Gasteiger partial charge in [-0.1, -0.05) is 13.0 Å². The van der Waals surface area contributed by atoms with E-state index >= 15 is 0 Å². The molecule has 0 aliphatic carbocycles. The number of nitrogens with two attached hydrogens (primary N) is 1. The first kappa shape index (κ1) is 12.5. The molecule has 4 heteroatoms. The highest BCUT2D eigenvalue weighted by atomic mass is 16.5. The van der Waals surface area contributed by atoms with Gasteiger partial charge in [0.15, 0.2) is 0 Å². The van der Waals surface area contributed by atoms with Crippen molar-refractivity contribution in [1.82, 2.24) is 9.88 Å². The summed E-state index contributed by atoms with van der Waals surface area (Å²) in [5, 5.41) is 0. The molecule has 0 radical (unpaired) electrons. The van der Waals surface area contributed by atoms with E-state index in [1.807, 2.05) is 6.20 Å². The van der Waals surface area contributed by atoms with Gasteiger partial charge >= 0.3 is 0 Å². The van der Waals surface area contributed by atoms with Crippen molar-refractivity contribution < 1.29 is 4.74 Å². The summed E-state index contributed by atoms with van der Waals surface area (Å²) in [7, 11) is 0. The molecule has 1 aromatic heterocycles. The van der Waals surface area contributed by atoms with Gasteiger partial charge < -0.3 is 10.5 Å². The zero-order valence-electron chi connectivity index (χ0n) is 10.4. The van der Waals surface area contributed by atoms with Gasteiger partial charge in [0.2, 0.25) is 0 Å². The van der Waals surface area contributed by atoms with E-state index in [-0.39, 0.29) is 0 Å². The molecule has 1 aromatic rings. The minimum absolute atomic E-state index is 0.528. The fourth-order valence-electron chi connectivity index (χ4n) is 2.15. The van der Waals surface area contributed by atoms with Gasteiger partial charge in [-0.25, -0.2) is 0 Å². The van der Waals surface area contributed by atoms with Crippen LogP contribution in [0, 0.1) is 0 Å². The van der Waals surface area contributed by atoms with Crippen LogP contribution in [0.1, 0.15) is 24.6 Å². The van der Waals surface area contributed by atoms with Crippen LogP contribution < -0.4 is 5.73 Å².